The minimum Gasteiger partial charge on any atom is -0.0622 e. The summed E-state index contributed by atoms with van der Waals surface area (Å²) in [5, 5.41) is 10.8. The quantitative estimate of drug-likeness (QED) is 0.0509. The number of anilines is 1. The van der Waals surface area contributed by atoms with Crippen LogP contribution in [0.2, 0.25) is 0 Å². The number of pyridine rings is 2. The van der Waals surface area contributed by atoms with Gasteiger partial charge in [0.2, 0.25) is 0 Å². The van der Waals surface area contributed by atoms with Crippen LogP contribution >= 0.6 is 50.8 Å². The van der Waals surface area contributed by atoms with Gasteiger partial charge in [-0.05, 0) is 148 Å². The number of halogens is 7. The molecule has 24 heteroatoms. The molecule has 1 amide bonds. The molecule has 1 N–H and O–H groups in total. The number of carbonyl (C=O) groups excluding carboxylic acids is 2. The van der Waals surface area contributed by atoms with Gasteiger partial charge in [-0.25, -0.2) is 37.1 Å². The maximum Gasteiger partial charge on any atom is -0.0134 e. The topological polar surface area (TPSA) is 161 Å². The molecule has 1 saturated heterocycles. The first-order valence-corrected chi connectivity index (χ1v) is 41.0. The maximum atomic E-state index is 13.8. The fourth-order valence-corrected chi connectivity index (χ4v) is 16.1. The van der Waals surface area contributed by atoms with Crippen LogP contribution in [0.1, 0.15) is 59.5 Å². The summed E-state index contributed by atoms with van der Waals surface area (Å²) in [6, 6.07) is 86.7. The van der Waals surface area contributed by atoms with Crippen LogP contribution in [-0.4, -0.2) is 49.1 Å². The summed E-state index contributed by atoms with van der Waals surface area (Å²) in [5.74, 6) is -5.86. The molecule has 1 aliphatic rings. The molecule has 5 heterocycles. The Labute approximate surface area is 649 Å². The molecular weight excluding hydrogens is 1610 g/mol. The van der Waals surface area contributed by atoms with Crippen molar-refractivity contribution < 1.29 is 61.2 Å². The predicted molar refractivity (Wildman–Crippen MR) is 429 cm³/mol. The van der Waals surface area contributed by atoms with Gasteiger partial charge in [0.1, 0.15) is 28.8 Å². The van der Waals surface area contributed by atoms with Crippen molar-refractivity contribution in [1.29, 1.82) is 0 Å². The Morgan fingerprint density at radius 3 is 1.29 bits per heavy atom. The number of amides is 1. The van der Waals surface area contributed by atoms with E-state index < -0.39 is 91.8 Å². The third-order valence-corrected chi connectivity index (χ3v) is 22.9. The van der Waals surface area contributed by atoms with E-state index in [-0.39, 0.29) is 22.4 Å². The number of benzene rings is 10. The van der Waals surface area contributed by atoms with Crippen molar-refractivity contribution >= 4 is 135 Å². The van der Waals surface area contributed by atoms with Gasteiger partial charge < -0.3 is 23.5 Å². The number of Topliss-reactive ketones (excluding diaryl/α,β-unsaturated/α-hetero) is 1. The van der Waals surface area contributed by atoms with E-state index in [0.717, 1.165) is 50.9 Å². The minimum absolute atomic E-state index is 0.106. The average Bonchev–Trinajstić information content (AvgIpc) is 1.62. The van der Waals surface area contributed by atoms with Crippen LogP contribution in [0, 0.1) is 30.2 Å². The Hall–Kier alpha value is -9.53. The number of hydrogen-bond donors (Lipinski definition) is 1. The zero-order valence-electron chi connectivity index (χ0n) is 59.3. The van der Waals surface area contributed by atoms with Crippen LogP contribution in [0.15, 0.2) is 308 Å². The number of aryl methyl sites for hydroxylation is 3. The van der Waals surface area contributed by atoms with Crippen LogP contribution in [0.5, 0.6) is 0 Å². The van der Waals surface area contributed by atoms with E-state index >= 15 is 0 Å². The first kappa shape index (κ1) is 81.0. The number of fused-ring (bicyclic) bond motifs is 2. The zero-order valence-corrected chi connectivity index (χ0v) is 65.8. The van der Waals surface area contributed by atoms with Crippen LogP contribution in [-0.2, 0) is 45.8 Å². The van der Waals surface area contributed by atoms with Crippen molar-refractivity contribution in [3.8, 4) is 11.1 Å². The zero-order chi connectivity index (χ0) is 77.1. The van der Waals surface area contributed by atoms with Crippen molar-refractivity contribution in [1.82, 2.24) is 19.1 Å². The fourth-order valence-electron chi connectivity index (χ4n) is 11.2. The van der Waals surface area contributed by atoms with Crippen LogP contribution in [0.25, 0.3) is 33.6 Å². The van der Waals surface area contributed by atoms with E-state index in [1.165, 1.54) is 53.1 Å². The summed E-state index contributed by atoms with van der Waals surface area (Å²) >= 11 is 3.14. The first-order valence-electron chi connectivity index (χ1n) is 33.5. The second-order valence-electron chi connectivity index (χ2n) is 25.2. The first-order chi connectivity index (χ1) is 52.0. The van der Waals surface area contributed by atoms with Gasteiger partial charge in [-0.1, -0.05) is 234 Å². The van der Waals surface area contributed by atoms with Crippen molar-refractivity contribution in [3.05, 3.63) is 356 Å². The Bertz CT molecular complexity index is 5100. The molecule has 0 unspecified atom stereocenters. The second kappa shape index (κ2) is 38.0. The van der Waals surface area contributed by atoms with Crippen LogP contribution < -0.4 is 54.1 Å². The van der Waals surface area contributed by atoms with Gasteiger partial charge in [0, 0.05) is 59.7 Å². The van der Waals surface area contributed by atoms with Gasteiger partial charge in [0.15, 0.2) is 28.2 Å². The molecule has 10 aromatic carbocycles. The minimum atomic E-state index is -0.885. The van der Waals surface area contributed by atoms with E-state index in [4.69, 9.17) is 37.2 Å². The molecule has 552 valence electrons. The fraction of sp³-hybridized carbons (Fsp3) is 0.119. The molecule has 13 nitrogen and oxygen atoms in total. The molecule has 0 aliphatic carbocycles. The Balaban J connectivity index is 0.000000144. The number of oxazole rings is 2. The molecular formula is C84H71BBrCl2F4N5O8P2Pd. The van der Waals surface area contributed by atoms with Crippen molar-refractivity contribution in [2.45, 2.75) is 52.2 Å². The van der Waals surface area contributed by atoms with Crippen LogP contribution in [0.3, 0.4) is 0 Å². The molecule has 4 aromatic heterocycles. The molecule has 0 saturated carbocycles. The number of ketones is 1. The molecule has 15 rings (SSSR count). The van der Waals surface area contributed by atoms with Gasteiger partial charge in [0.05, 0.1) is 16.8 Å². The van der Waals surface area contributed by atoms with E-state index in [1.54, 1.807) is 81.1 Å². The average molecular weight is 1680 g/mol. The van der Waals surface area contributed by atoms with Crippen molar-refractivity contribution in [2.24, 2.45) is 14.1 Å². The predicted octanol–water partition coefficient (Wildman–Crippen LogP) is 17.3. The van der Waals surface area contributed by atoms with Gasteiger partial charge in [0.25, 0.3) is 5.91 Å². The molecule has 1 fully saturated rings. The van der Waals surface area contributed by atoms with Gasteiger partial charge >= 0.3 is 53.6 Å². The Morgan fingerprint density at radius 2 is 0.880 bits per heavy atom. The summed E-state index contributed by atoms with van der Waals surface area (Å²) in [6.07, 6.45) is 3.18. The summed E-state index contributed by atoms with van der Waals surface area (Å²) in [7, 11) is 11.4. The number of aromatic nitrogens is 4. The van der Waals surface area contributed by atoms with E-state index in [0.29, 0.717) is 33.7 Å². The third-order valence-electron chi connectivity index (χ3n) is 17.5. The molecule has 0 bridgehead atoms. The molecule has 1 aliphatic heterocycles. The number of carbonyl (C=O) groups is 2. The van der Waals surface area contributed by atoms with Crippen molar-refractivity contribution in [2.75, 3.05) is 5.32 Å². The largest absolute Gasteiger partial charge is 0.0622 e. The molecule has 108 heavy (non-hydrogen) atoms. The Kier molecular flexibility index (Phi) is 28.5. The van der Waals surface area contributed by atoms with Crippen molar-refractivity contribution in [3.63, 3.8) is 0 Å². The molecule has 0 radical (unpaired) electrons. The number of rotatable bonds is 13. The summed E-state index contributed by atoms with van der Waals surface area (Å²) in [5.41, 5.74) is 4.09. The van der Waals surface area contributed by atoms with Gasteiger partial charge in [-0.3, -0.25) is 18.7 Å². The summed E-state index contributed by atoms with van der Waals surface area (Å²) < 4.78 is 80.1. The SMILES string of the molecule is Cc1c(-c2ccc(CC(=O)c3c(F)cccc3F)cc2)cnc2c1oc(=O)n2C.Cn1c(=O)oc2cc(B3OC(C)(C)C(C)(C)O3)cnc21.O=C(Nc1ccc(Br)cc1)c1c(F)cccc1F.[Cl][Pd][Cl].c1ccc(P(c2ccccc2)c2ccccc2)cc1.c1ccc(P(c2ccccc2)c2ccccc2)cc1. The Morgan fingerprint density at radius 1 is 0.509 bits per heavy atom. The standard InChI is InChI=1S/C22H16F2N2O3.2C18H15P.C13H17BN2O4.C13H8BrF2NO.2ClH.Pd/c1-12-15(11-25-21-20(12)29-22(28)26(21)2)14-8-6-13(7-9-14)10-18(27)19-16(23)4-3-5-17(19)24;2*1-4-10-16(11-5-1)19(17-12-6-2-7-13-17)18-14-8-3-9-15-18;1-12(2)13(3,4)20-14(19-12)8-6-9-10(15-7-8)16(5)11(17)18-9;14-8-4-6-9(7-5-8)17-13(18)12-10(15)2-1-3-11(12)16;;;/h3-9,11H,10H2,1-2H3;2*1-15H;6-7H,1-5H3;1-7H,(H,17,18);2*1H;/q;;;;;;;+2/p-2. The summed E-state index contributed by atoms with van der Waals surface area (Å²) in [6.45, 7) is 9.78. The number of nitrogens with zero attached hydrogens (tertiary/aromatic N) is 4. The van der Waals surface area contributed by atoms with Crippen LogP contribution in [0.4, 0.5) is 23.2 Å². The normalized spacial score (nSPS) is 12.5. The molecule has 0 spiro atoms. The summed E-state index contributed by atoms with van der Waals surface area (Å²) in [4.78, 5) is 55.8. The second-order valence-corrected chi connectivity index (χ2v) is 32.9. The van der Waals surface area contributed by atoms with E-state index in [1.807, 2.05) is 34.6 Å². The molecule has 0 atom stereocenters. The molecule has 14 aromatic rings. The third kappa shape index (κ3) is 20.4. The number of hydrogen-bond acceptors (Lipinski definition) is 10. The van der Waals surface area contributed by atoms with E-state index in [9.17, 15) is 36.7 Å². The van der Waals surface area contributed by atoms with Gasteiger partial charge in [-0.15, -0.1) is 0 Å². The monoisotopic (exact) mass is 1680 g/mol. The smallest absolute Gasteiger partial charge is 0.0134 e. The number of nitrogens with one attached hydrogen (secondary N) is 1. The maximum absolute atomic E-state index is 13.8. The van der Waals surface area contributed by atoms with Gasteiger partial charge in [-0.2, -0.15) is 0 Å². The van der Waals surface area contributed by atoms with E-state index in [2.05, 4.69) is 213 Å².